The van der Waals surface area contributed by atoms with E-state index in [0.29, 0.717) is 5.69 Å². The monoisotopic (exact) mass is 252 g/mol. The van der Waals surface area contributed by atoms with Gasteiger partial charge in [-0.3, -0.25) is 0 Å². The highest BCUT2D eigenvalue weighted by molar-refractivity contribution is 7.80. The number of aromatic nitrogens is 2. The molecule has 1 aromatic heterocycles. The van der Waals surface area contributed by atoms with Crippen LogP contribution in [-0.4, -0.2) is 39.3 Å². The summed E-state index contributed by atoms with van der Waals surface area (Å²) in [4.78, 5) is 10.8. The lowest BCUT2D eigenvalue weighted by atomic mass is 9.97. The first-order valence-electron chi connectivity index (χ1n) is 5.63. The number of rotatable bonds is 2. The maximum absolute atomic E-state index is 9.71. The zero-order valence-electron chi connectivity index (χ0n) is 9.71. The summed E-state index contributed by atoms with van der Waals surface area (Å²) in [6.45, 7) is 3.52. The molecule has 0 amide bonds. The second-order valence-electron chi connectivity index (χ2n) is 4.37. The van der Waals surface area contributed by atoms with Crippen molar-refractivity contribution in [1.82, 2.24) is 9.97 Å². The molecule has 17 heavy (non-hydrogen) atoms. The molecule has 2 unspecified atom stereocenters. The van der Waals surface area contributed by atoms with Gasteiger partial charge in [-0.05, 0) is 12.3 Å². The van der Waals surface area contributed by atoms with E-state index in [1.165, 1.54) is 0 Å². The van der Waals surface area contributed by atoms with Gasteiger partial charge in [0.2, 0.25) is 0 Å². The summed E-state index contributed by atoms with van der Waals surface area (Å²) in [5, 5.41) is 9.71. The van der Waals surface area contributed by atoms with Gasteiger partial charge in [-0.1, -0.05) is 19.1 Å². The third-order valence-corrected chi connectivity index (χ3v) is 3.27. The zero-order chi connectivity index (χ0) is 12.4. The Morgan fingerprint density at radius 2 is 2.24 bits per heavy atom. The Morgan fingerprint density at radius 3 is 2.88 bits per heavy atom. The van der Waals surface area contributed by atoms with Crippen LogP contribution in [0.25, 0.3) is 0 Å². The Morgan fingerprint density at radius 1 is 1.53 bits per heavy atom. The van der Waals surface area contributed by atoms with Gasteiger partial charge < -0.3 is 15.7 Å². The normalized spacial score (nSPS) is 24.7. The summed E-state index contributed by atoms with van der Waals surface area (Å²) < 4.78 is 0. The lowest BCUT2D eigenvalue weighted by molar-refractivity contribution is 0.0968. The molecule has 1 aliphatic rings. The predicted molar refractivity (Wildman–Crippen MR) is 69.9 cm³/mol. The van der Waals surface area contributed by atoms with E-state index in [4.69, 9.17) is 18.0 Å². The predicted octanol–water partition coefficient (Wildman–Crippen LogP) is 0.318. The molecule has 0 saturated carbocycles. The minimum Gasteiger partial charge on any atom is -0.393 e. The van der Waals surface area contributed by atoms with Gasteiger partial charge in [-0.2, -0.15) is 0 Å². The van der Waals surface area contributed by atoms with Crippen LogP contribution in [-0.2, 0) is 0 Å². The van der Waals surface area contributed by atoms with Crippen LogP contribution in [0.4, 0.5) is 5.82 Å². The summed E-state index contributed by atoms with van der Waals surface area (Å²) >= 11 is 4.97. The largest absolute Gasteiger partial charge is 0.393 e. The summed E-state index contributed by atoms with van der Waals surface area (Å²) in [5.74, 6) is 0.934. The van der Waals surface area contributed by atoms with Crippen LogP contribution >= 0.6 is 12.2 Å². The second kappa shape index (κ2) is 4.93. The van der Waals surface area contributed by atoms with E-state index in [1.54, 1.807) is 12.4 Å². The number of hydrogen-bond acceptors (Lipinski definition) is 5. The van der Waals surface area contributed by atoms with Crippen LogP contribution in [0.2, 0.25) is 0 Å². The van der Waals surface area contributed by atoms with Crippen molar-refractivity contribution < 1.29 is 5.11 Å². The SMILES string of the molecule is CC1CN(c2nccnc2C(N)=S)CCC1O. The molecule has 0 radical (unpaired) electrons. The minimum atomic E-state index is -0.240. The Kier molecular flexibility index (Phi) is 3.54. The number of aliphatic hydroxyl groups excluding tert-OH is 1. The van der Waals surface area contributed by atoms with E-state index in [0.717, 1.165) is 25.3 Å². The number of thiocarbonyl (C=S) groups is 1. The number of piperidine rings is 1. The van der Waals surface area contributed by atoms with Crippen LogP contribution in [0.3, 0.4) is 0 Å². The Hall–Kier alpha value is -1.27. The molecular weight excluding hydrogens is 236 g/mol. The van der Waals surface area contributed by atoms with Crippen molar-refractivity contribution in [3.05, 3.63) is 18.1 Å². The molecule has 0 aliphatic carbocycles. The molecule has 1 fully saturated rings. The first-order valence-corrected chi connectivity index (χ1v) is 6.04. The van der Waals surface area contributed by atoms with Crippen LogP contribution < -0.4 is 10.6 Å². The highest BCUT2D eigenvalue weighted by Gasteiger charge is 2.26. The van der Waals surface area contributed by atoms with Crippen LogP contribution in [0.1, 0.15) is 19.0 Å². The molecule has 0 aromatic carbocycles. The minimum absolute atomic E-state index is 0.213. The van der Waals surface area contributed by atoms with Gasteiger partial charge >= 0.3 is 0 Å². The smallest absolute Gasteiger partial charge is 0.157 e. The number of nitrogens with two attached hydrogens (primary N) is 1. The van der Waals surface area contributed by atoms with Gasteiger partial charge in [0.25, 0.3) is 0 Å². The highest BCUT2D eigenvalue weighted by atomic mass is 32.1. The molecule has 0 spiro atoms. The van der Waals surface area contributed by atoms with Crippen molar-refractivity contribution in [3.63, 3.8) is 0 Å². The van der Waals surface area contributed by atoms with Crippen LogP contribution in [0.5, 0.6) is 0 Å². The van der Waals surface area contributed by atoms with E-state index in [1.807, 2.05) is 6.92 Å². The van der Waals surface area contributed by atoms with Crippen molar-refractivity contribution in [1.29, 1.82) is 0 Å². The second-order valence-corrected chi connectivity index (χ2v) is 4.81. The molecule has 3 N–H and O–H groups in total. The molecule has 2 atom stereocenters. The summed E-state index contributed by atoms with van der Waals surface area (Å²) in [5.41, 5.74) is 6.20. The topological polar surface area (TPSA) is 75.3 Å². The highest BCUT2D eigenvalue weighted by Crippen LogP contribution is 2.23. The molecule has 2 heterocycles. The van der Waals surface area contributed by atoms with Crippen LogP contribution in [0.15, 0.2) is 12.4 Å². The van der Waals surface area contributed by atoms with Gasteiger partial charge in [0.15, 0.2) is 5.82 Å². The summed E-state index contributed by atoms with van der Waals surface area (Å²) in [6.07, 6.45) is 3.71. The fourth-order valence-corrected chi connectivity index (χ4v) is 2.21. The van der Waals surface area contributed by atoms with E-state index < -0.39 is 0 Å². The summed E-state index contributed by atoms with van der Waals surface area (Å²) in [6, 6.07) is 0. The molecule has 1 saturated heterocycles. The quantitative estimate of drug-likeness (QED) is 0.738. The molecule has 1 aromatic rings. The maximum Gasteiger partial charge on any atom is 0.157 e. The van der Waals surface area contributed by atoms with Crippen molar-refractivity contribution in [2.45, 2.75) is 19.4 Å². The number of nitrogens with zero attached hydrogens (tertiary/aromatic N) is 3. The van der Waals surface area contributed by atoms with Gasteiger partial charge in [-0.15, -0.1) is 0 Å². The molecule has 92 valence electrons. The van der Waals surface area contributed by atoms with Crippen molar-refractivity contribution in [3.8, 4) is 0 Å². The lowest BCUT2D eigenvalue weighted by Gasteiger charge is -2.35. The van der Waals surface area contributed by atoms with E-state index >= 15 is 0 Å². The van der Waals surface area contributed by atoms with E-state index in [2.05, 4.69) is 14.9 Å². The standard InChI is InChI=1S/C11H16N4OS/c1-7-6-15(5-2-8(7)16)11-9(10(12)17)13-3-4-14-11/h3-4,7-8,16H,2,5-6H2,1H3,(H2,12,17). The average molecular weight is 252 g/mol. The molecule has 6 heteroatoms. The average Bonchev–Trinajstić information content (AvgIpc) is 2.32. The van der Waals surface area contributed by atoms with Crippen LogP contribution in [0, 0.1) is 5.92 Å². The Balaban J connectivity index is 2.25. The molecule has 5 nitrogen and oxygen atoms in total. The Bertz CT molecular complexity index is 426. The third kappa shape index (κ3) is 2.53. The molecule has 1 aliphatic heterocycles. The number of hydrogen-bond donors (Lipinski definition) is 2. The first kappa shape index (κ1) is 12.2. The van der Waals surface area contributed by atoms with Gasteiger partial charge in [0, 0.05) is 25.5 Å². The van der Waals surface area contributed by atoms with Gasteiger partial charge in [0.05, 0.1) is 6.10 Å². The van der Waals surface area contributed by atoms with Gasteiger partial charge in [-0.25, -0.2) is 9.97 Å². The fourth-order valence-electron chi connectivity index (χ4n) is 2.06. The lowest BCUT2D eigenvalue weighted by Crippen LogP contribution is -2.43. The first-order chi connectivity index (χ1) is 8.09. The third-order valence-electron chi connectivity index (χ3n) is 3.07. The molecular formula is C11H16N4OS. The van der Waals surface area contributed by atoms with Gasteiger partial charge in [0.1, 0.15) is 10.7 Å². The summed E-state index contributed by atoms with van der Waals surface area (Å²) in [7, 11) is 0. The molecule has 0 bridgehead atoms. The van der Waals surface area contributed by atoms with Crippen molar-refractivity contribution in [2.24, 2.45) is 11.7 Å². The van der Waals surface area contributed by atoms with Crippen molar-refractivity contribution >= 4 is 23.0 Å². The Labute approximate surface area is 106 Å². The zero-order valence-corrected chi connectivity index (χ0v) is 10.5. The number of anilines is 1. The van der Waals surface area contributed by atoms with Crippen molar-refractivity contribution in [2.75, 3.05) is 18.0 Å². The van der Waals surface area contributed by atoms with E-state index in [-0.39, 0.29) is 17.0 Å². The maximum atomic E-state index is 9.71. The fraction of sp³-hybridized carbons (Fsp3) is 0.545. The number of aliphatic hydroxyl groups is 1. The molecule has 2 rings (SSSR count). The van der Waals surface area contributed by atoms with E-state index in [9.17, 15) is 5.11 Å².